The number of amides is 2. The summed E-state index contributed by atoms with van der Waals surface area (Å²) < 4.78 is 5.97. The van der Waals surface area contributed by atoms with Gasteiger partial charge in [-0.25, -0.2) is 0 Å². The van der Waals surface area contributed by atoms with Crippen LogP contribution in [0.5, 0.6) is 0 Å². The number of nitrogens with two attached hydrogens (primary N) is 1. The fourth-order valence-electron chi connectivity index (χ4n) is 1.90. The number of primary amides is 1. The van der Waals surface area contributed by atoms with Gasteiger partial charge in [-0.3, -0.25) is 9.59 Å². The van der Waals surface area contributed by atoms with Gasteiger partial charge in [0.25, 0.3) is 5.91 Å². The molecule has 0 spiro atoms. The minimum Gasteiger partial charge on any atom is -0.377 e. The van der Waals surface area contributed by atoms with Gasteiger partial charge in [0.2, 0.25) is 5.91 Å². The van der Waals surface area contributed by atoms with Crippen molar-refractivity contribution in [2.75, 3.05) is 19.8 Å². The molecule has 2 N–H and O–H groups in total. The van der Waals surface area contributed by atoms with E-state index in [4.69, 9.17) is 22.1 Å². The van der Waals surface area contributed by atoms with E-state index in [0.29, 0.717) is 23.7 Å². The molecule has 1 aliphatic heterocycles. The number of rotatable bonds is 2. The summed E-state index contributed by atoms with van der Waals surface area (Å²) in [4.78, 5) is 25.3. The SMILES string of the molecule is NC(=O)C1COCCN1C(=O)c1cc(Cl)ccc1I. The first-order chi connectivity index (χ1) is 9.00. The Morgan fingerprint density at radius 2 is 2.21 bits per heavy atom. The fraction of sp³-hybridized carbons (Fsp3) is 0.333. The van der Waals surface area contributed by atoms with Crippen LogP contribution in [-0.2, 0) is 9.53 Å². The molecule has 1 heterocycles. The van der Waals surface area contributed by atoms with Crippen LogP contribution in [0.2, 0.25) is 5.02 Å². The Morgan fingerprint density at radius 1 is 1.47 bits per heavy atom. The highest BCUT2D eigenvalue weighted by Gasteiger charge is 2.32. The lowest BCUT2D eigenvalue weighted by atomic mass is 10.1. The van der Waals surface area contributed by atoms with Crippen molar-refractivity contribution in [3.63, 3.8) is 0 Å². The average Bonchev–Trinajstić information content (AvgIpc) is 2.40. The van der Waals surface area contributed by atoms with Crippen molar-refractivity contribution in [3.8, 4) is 0 Å². The maximum Gasteiger partial charge on any atom is 0.255 e. The largest absolute Gasteiger partial charge is 0.377 e. The van der Waals surface area contributed by atoms with Crippen LogP contribution in [0.3, 0.4) is 0 Å². The van der Waals surface area contributed by atoms with E-state index in [0.717, 1.165) is 3.57 Å². The van der Waals surface area contributed by atoms with Crippen LogP contribution in [0.15, 0.2) is 18.2 Å². The third kappa shape index (κ3) is 3.18. The summed E-state index contributed by atoms with van der Waals surface area (Å²) in [5.74, 6) is -0.816. The summed E-state index contributed by atoms with van der Waals surface area (Å²) in [6.07, 6.45) is 0. The molecule has 1 aliphatic rings. The van der Waals surface area contributed by atoms with E-state index in [-0.39, 0.29) is 12.5 Å². The second-order valence-electron chi connectivity index (χ2n) is 4.12. The quantitative estimate of drug-likeness (QED) is 0.768. The zero-order valence-electron chi connectivity index (χ0n) is 9.94. The lowest BCUT2D eigenvalue weighted by molar-refractivity contribution is -0.127. The van der Waals surface area contributed by atoms with Gasteiger partial charge in [-0.1, -0.05) is 11.6 Å². The lowest BCUT2D eigenvalue weighted by Gasteiger charge is -2.33. The molecule has 0 aliphatic carbocycles. The average molecular weight is 395 g/mol. The summed E-state index contributed by atoms with van der Waals surface area (Å²) in [7, 11) is 0. The van der Waals surface area contributed by atoms with Gasteiger partial charge in [-0.15, -0.1) is 0 Å². The highest BCUT2D eigenvalue weighted by atomic mass is 127. The van der Waals surface area contributed by atoms with Crippen molar-refractivity contribution in [1.29, 1.82) is 0 Å². The summed E-state index contributed by atoms with van der Waals surface area (Å²) in [5.41, 5.74) is 5.77. The van der Waals surface area contributed by atoms with E-state index >= 15 is 0 Å². The molecule has 0 radical (unpaired) electrons. The van der Waals surface area contributed by atoms with Gasteiger partial charge < -0.3 is 15.4 Å². The number of benzene rings is 1. The van der Waals surface area contributed by atoms with Gasteiger partial charge in [0, 0.05) is 15.1 Å². The van der Waals surface area contributed by atoms with Crippen LogP contribution in [-0.4, -0.2) is 42.5 Å². The van der Waals surface area contributed by atoms with Crippen LogP contribution in [0, 0.1) is 3.57 Å². The molecule has 1 aromatic rings. The molecule has 1 saturated heterocycles. The number of hydrogen-bond donors (Lipinski definition) is 1. The van der Waals surface area contributed by atoms with Crippen LogP contribution in [0.25, 0.3) is 0 Å². The first-order valence-electron chi connectivity index (χ1n) is 5.64. The Hall–Kier alpha value is -0.860. The predicted molar refractivity (Wildman–Crippen MR) is 79.0 cm³/mol. The van der Waals surface area contributed by atoms with Crippen molar-refractivity contribution in [2.24, 2.45) is 5.73 Å². The number of ether oxygens (including phenoxy) is 1. The maximum absolute atomic E-state index is 12.5. The third-order valence-corrected chi connectivity index (χ3v) is 4.05. The normalized spacial score (nSPS) is 19.3. The van der Waals surface area contributed by atoms with Gasteiger partial charge in [-0.2, -0.15) is 0 Å². The van der Waals surface area contributed by atoms with Gasteiger partial charge in [0.05, 0.1) is 18.8 Å². The Morgan fingerprint density at radius 3 is 2.89 bits per heavy atom. The molecule has 7 heteroatoms. The van der Waals surface area contributed by atoms with Gasteiger partial charge in [0.1, 0.15) is 6.04 Å². The number of carbonyl (C=O) groups excluding carboxylic acids is 2. The number of halogens is 2. The highest BCUT2D eigenvalue weighted by molar-refractivity contribution is 14.1. The van der Waals surface area contributed by atoms with E-state index in [2.05, 4.69) is 22.6 Å². The van der Waals surface area contributed by atoms with Crippen LogP contribution in [0.4, 0.5) is 0 Å². The van der Waals surface area contributed by atoms with Crippen molar-refractivity contribution >= 4 is 46.0 Å². The van der Waals surface area contributed by atoms with Gasteiger partial charge in [-0.05, 0) is 40.8 Å². The minimum atomic E-state index is -0.726. The zero-order chi connectivity index (χ0) is 14.0. The highest BCUT2D eigenvalue weighted by Crippen LogP contribution is 2.21. The molecule has 0 aromatic heterocycles. The van der Waals surface area contributed by atoms with E-state index in [1.807, 2.05) is 0 Å². The molecule has 0 saturated carbocycles. The summed E-state index contributed by atoms with van der Waals surface area (Å²) in [6, 6.07) is 4.34. The monoisotopic (exact) mass is 394 g/mol. The van der Waals surface area contributed by atoms with Crippen molar-refractivity contribution in [3.05, 3.63) is 32.4 Å². The minimum absolute atomic E-state index is 0.137. The Balaban J connectivity index is 2.31. The maximum atomic E-state index is 12.5. The van der Waals surface area contributed by atoms with E-state index in [1.54, 1.807) is 18.2 Å². The van der Waals surface area contributed by atoms with Crippen LogP contribution < -0.4 is 5.73 Å². The zero-order valence-corrected chi connectivity index (χ0v) is 12.8. The molecule has 2 amide bonds. The molecule has 1 aromatic carbocycles. The molecule has 5 nitrogen and oxygen atoms in total. The molecular formula is C12H12ClIN2O3. The van der Waals surface area contributed by atoms with E-state index in [1.165, 1.54) is 4.90 Å². The molecule has 19 heavy (non-hydrogen) atoms. The lowest BCUT2D eigenvalue weighted by Crippen LogP contribution is -2.54. The second-order valence-corrected chi connectivity index (χ2v) is 5.71. The molecular weight excluding hydrogens is 382 g/mol. The number of nitrogens with zero attached hydrogens (tertiary/aromatic N) is 1. The Labute approximate surface area is 129 Å². The van der Waals surface area contributed by atoms with Crippen LogP contribution in [0.1, 0.15) is 10.4 Å². The van der Waals surface area contributed by atoms with Gasteiger partial charge >= 0.3 is 0 Å². The third-order valence-electron chi connectivity index (χ3n) is 2.88. The van der Waals surface area contributed by atoms with E-state index in [9.17, 15) is 9.59 Å². The standard InChI is InChI=1S/C12H12ClIN2O3/c13-7-1-2-9(14)8(5-7)12(18)16-3-4-19-6-10(16)11(15)17/h1-2,5,10H,3-4,6H2,(H2,15,17). The molecule has 102 valence electrons. The summed E-state index contributed by atoms with van der Waals surface area (Å²) in [6.45, 7) is 0.875. The van der Waals surface area contributed by atoms with Gasteiger partial charge in [0.15, 0.2) is 0 Å². The van der Waals surface area contributed by atoms with Crippen molar-refractivity contribution < 1.29 is 14.3 Å². The number of carbonyl (C=O) groups is 2. The molecule has 1 unspecified atom stereocenters. The van der Waals surface area contributed by atoms with Crippen molar-refractivity contribution in [2.45, 2.75) is 6.04 Å². The molecule has 2 rings (SSSR count). The number of morpholine rings is 1. The van der Waals surface area contributed by atoms with Crippen LogP contribution >= 0.6 is 34.2 Å². The Kier molecular flexibility index (Phi) is 4.64. The first-order valence-corrected chi connectivity index (χ1v) is 7.09. The smallest absolute Gasteiger partial charge is 0.255 e. The second kappa shape index (κ2) is 6.06. The predicted octanol–water partition coefficient (Wildman–Crippen LogP) is 1.27. The topological polar surface area (TPSA) is 72.6 Å². The number of hydrogen-bond acceptors (Lipinski definition) is 3. The van der Waals surface area contributed by atoms with E-state index < -0.39 is 11.9 Å². The molecule has 1 atom stereocenters. The summed E-state index contributed by atoms with van der Waals surface area (Å²) >= 11 is 7.97. The van der Waals surface area contributed by atoms with Crippen molar-refractivity contribution in [1.82, 2.24) is 4.90 Å². The molecule has 1 fully saturated rings. The fourth-order valence-corrected chi connectivity index (χ4v) is 2.64. The summed E-state index contributed by atoms with van der Waals surface area (Å²) in [5, 5.41) is 0.479. The first kappa shape index (κ1) is 14.5. The Bertz CT molecular complexity index is 524. The molecule has 0 bridgehead atoms.